The van der Waals surface area contributed by atoms with Crippen LogP contribution in [0, 0.1) is 5.82 Å². The summed E-state index contributed by atoms with van der Waals surface area (Å²) in [6, 6.07) is 7.82. The van der Waals surface area contributed by atoms with Gasteiger partial charge in [-0.3, -0.25) is 5.32 Å². The highest BCUT2D eigenvalue weighted by Crippen LogP contribution is 2.32. The SMILES string of the molecule is CC(C)c1cc(NC(=O)N2CCCC2c2ccc(F)cc2)no1. The Morgan fingerprint density at radius 3 is 2.78 bits per heavy atom. The molecule has 5 nitrogen and oxygen atoms in total. The quantitative estimate of drug-likeness (QED) is 0.918. The van der Waals surface area contributed by atoms with Gasteiger partial charge in [0, 0.05) is 18.5 Å². The molecule has 1 aliphatic heterocycles. The van der Waals surface area contributed by atoms with Crippen LogP contribution in [0.25, 0.3) is 0 Å². The Labute approximate surface area is 134 Å². The molecule has 1 unspecified atom stereocenters. The number of amides is 2. The van der Waals surface area contributed by atoms with Crippen LogP contribution in [-0.2, 0) is 0 Å². The normalized spacial score (nSPS) is 17.7. The molecule has 1 atom stereocenters. The van der Waals surface area contributed by atoms with Gasteiger partial charge < -0.3 is 9.42 Å². The van der Waals surface area contributed by atoms with Gasteiger partial charge in [0.2, 0.25) is 0 Å². The van der Waals surface area contributed by atoms with Gasteiger partial charge in [0.25, 0.3) is 0 Å². The summed E-state index contributed by atoms with van der Waals surface area (Å²) in [5.74, 6) is 1.10. The molecule has 1 saturated heterocycles. The number of hydrogen-bond donors (Lipinski definition) is 1. The van der Waals surface area contributed by atoms with Crippen molar-refractivity contribution in [3.63, 3.8) is 0 Å². The molecule has 122 valence electrons. The Bertz CT molecular complexity index is 681. The minimum atomic E-state index is -0.272. The zero-order valence-corrected chi connectivity index (χ0v) is 13.3. The number of hydrogen-bond acceptors (Lipinski definition) is 3. The van der Waals surface area contributed by atoms with Crippen molar-refractivity contribution in [1.29, 1.82) is 0 Å². The number of carbonyl (C=O) groups is 1. The summed E-state index contributed by atoms with van der Waals surface area (Å²) >= 11 is 0. The fourth-order valence-corrected chi connectivity index (χ4v) is 2.84. The van der Waals surface area contributed by atoms with E-state index in [4.69, 9.17) is 4.52 Å². The zero-order valence-electron chi connectivity index (χ0n) is 13.3. The smallest absolute Gasteiger partial charge is 0.323 e. The van der Waals surface area contributed by atoms with Crippen molar-refractivity contribution < 1.29 is 13.7 Å². The number of anilines is 1. The van der Waals surface area contributed by atoms with E-state index in [1.165, 1.54) is 12.1 Å². The number of nitrogens with one attached hydrogen (secondary N) is 1. The van der Waals surface area contributed by atoms with Crippen molar-refractivity contribution in [2.24, 2.45) is 0 Å². The Morgan fingerprint density at radius 2 is 2.13 bits per heavy atom. The van der Waals surface area contributed by atoms with E-state index in [2.05, 4.69) is 10.5 Å². The van der Waals surface area contributed by atoms with Crippen molar-refractivity contribution in [1.82, 2.24) is 10.1 Å². The zero-order chi connectivity index (χ0) is 16.4. The first kappa shape index (κ1) is 15.5. The van der Waals surface area contributed by atoms with Crippen molar-refractivity contribution in [2.45, 2.75) is 38.6 Å². The first-order chi connectivity index (χ1) is 11.0. The first-order valence-corrected chi connectivity index (χ1v) is 7.84. The summed E-state index contributed by atoms with van der Waals surface area (Å²) < 4.78 is 18.3. The van der Waals surface area contributed by atoms with E-state index < -0.39 is 0 Å². The second-order valence-electron chi connectivity index (χ2n) is 6.10. The summed E-state index contributed by atoms with van der Waals surface area (Å²) in [6.45, 7) is 4.66. The predicted molar refractivity (Wildman–Crippen MR) is 84.7 cm³/mol. The Kier molecular flexibility index (Phi) is 4.32. The molecule has 1 aromatic heterocycles. The van der Waals surface area contributed by atoms with Crippen LogP contribution in [0.1, 0.15) is 50.0 Å². The lowest BCUT2D eigenvalue weighted by Gasteiger charge is -2.24. The maximum absolute atomic E-state index is 13.1. The van der Waals surface area contributed by atoms with Gasteiger partial charge in [-0.15, -0.1) is 0 Å². The number of likely N-dealkylation sites (tertiary alicyclic amines) is 1. The van der Waals surface area contributed by atoms with Gasteiger partial charge in [0.1, 0.15) is 11.6 Å². The lowest BCUT2D eigenvalue weighted by Crippen LogP contribution is -2.34. The van der Waals surface area contributed by atoms with E-state index in [1.54, 1.807) is 23.1 Å². The topological polar surface area (TPSA) is 58.4 Å². The molecule has 2 heterocycles. The number of nitrogens with zero attached hydrogens (tertiary/aromatic N) is 2. The monoisotopic (exact) mass is 317 g/mol. The fourth-order valence-electron chi connectivity index (χ4n) is 2.84. The van der Waals surface area contributed by atoms with Crippen molar-refractivity contribution >= 4 is 11.8 Å². The molecule has 6 heteroatoms. The highest BCUT2D eigenvalue weighted by molar-refractivity contribution is 5.88. The predicted octanol–water partition coefficient (Wildman–Crippen LogP) is 4.31. The van der Waals surface area contributed by atoms with E-state index in [1.807, 2.05) is 13.8 Å². The van der Waals surface area contributed by atoms with Crippen LogP contribution < -0.4 is 5.32 Å². The van der Waals surface area contributed by atoms with E-state index in [0.717, 1.165) is 24.2 Å². The number of benzene rings is 1. The fraction of sp³-hybridized carbons (Fsp3) is 0.412. The third-order valence-corrected chi connectivity index (χ3v) is 4.10. The minimum absolute atomic E-state index is 0.0351. The minimum Gasteiger partial charge on any atom is -0.359 e. The van der Waals surface area contributed by atoms with Gasteiger partial charge in [-0.2, -0.15) is 0 Å². The third kappa shape index (κ3) is 3.36. The van der Waals surface area contributed by atoms with Crippen molar-refractivity contribution in [3.8, 4) is 0 Å². The van der Waals surface area contributed by atoms with Crippen LogP contribution in [0.15, 0.2) is 34.9 Å². The molecule has 2 amide bonds. The molecule has 2 aromatic rings. The molecule has 1 N–H and O–H groups in total. The number of urea groups is 1. The van der Waals surface area contributed by atoms with Gasteiger partial charge >= 0.3 is 6.03 Å². The lowest BCUT2D eigenvalue weighted by molar-refractivity contribution is 0.207. The molecule has 1 aromatic carbocycles. The van der Waals surface area contributed by atoms with E-state index >= 15 is 0 Å². The number of aromatic nitrogens is 1. The second kappa shape index (κ2) is 6.40. The van der Waals surface area contributed by atoms with Crippen LogP contribution in [0.2, 0.25) is 0 Å². The summed E-state index contributed by atoms with van der Waals surface area (Å²) in [7, 11) is 0. The maximum Gasteiger partial charge on any atom is 0.323 e. The first-order valence-electron chi connectivity index (χ1n) is 7.84. The van der Waals surface area contributed by atoms with Crippen molar-refractivity contribution in [3.05, 3.63) is 47.5 Å². The number of rotatable bonds is 3. The Morgan fingerprint density at radius 1 is 1.39 bits per heavy atom. The number of carbonyl (C=O) groups excluding carboxylic acids is 1. The summed E-state index contributed by atoms with van der Waals surface area (Å²) in [5, 5.41) is 6.65. The molecule has 0 radical (unpaired) electrons. The molecule has 23 heavy (non-hydrogen) atoms. The van der Waals surface area contributed by atoms with Gasteiger partial charge in [0.05, 0.1) is 6.04 Å². The van der Waals surface area contributed by atoms with Crippen LogP contribution in [-0.4, -0.2) is 22.6 Å². The lowest BCUT2D eigenvalue weighted by atomic mass is 10.0. The molecule has 3 rings (SSSR count). The maximum atomic E-state index is 13.1. The average molecular weight is 317 g/mol. The van der Waals surface area contributed by atoms with Gasteiger partial charge in [-0.25, -0.2) is 9.18 Å². The summed E-state index contributed by atoms with van der Waals surface area (Å²) in [6.07, 6.45) is 1.79. The highest BCUT2D eigenvalue weighted by atomic mass is 19.1. The van der Waals surface area contributed by atoms with Gasteiger partial charge in [-0.1, -0.05) is 31.1 Å². The van der Waals surface area contributed by atoms with E-state index in [9.17, 15) is 9.18 Å². The number of halogens is 1. The third-order valence-electron chi connectivity index (χ3n) is 4.10. The molecule has 1 fully saturated rings. The second-order valence-corrected chi connectivity index (χ2v) is 6.10. The van der Waals surface area contributed by atoms with Crippen LogP contribution in [0.3, 0.4) is 0 Å². The largest absolute Gasteiger partial charge is 0.359 e. The molecule has 0 bridgehead atoms. The molecule has 0 aliphatic carbocycles. The van der Waals surface area contributed by atoms with E-state index in [0.29, 0.717) is 12.4 Å². The molecule has 0 saturated carbocycles. The van der Waals surface area contributed by atoms with Crippen molar-refractivity contribution in [2.75, 3.05) is 11.9 Å². The van der Waals surface area contributed by atoms with Gasteiger partial charge in [0.15, 0.2) is 5.82 Å². The molecular formula is C17H20FN3O2. The Balaban J connectivity index is 1.71. The summed E-state index contributed by atoms with van der Waals surface area (Å²) in [5.41, 5.74) is 0.946. The van der Waals surface area contributed by atoms with Gasteiger partial charge in [-0.05, 0) is 30.5 Å². The summed E-state index contributed by atoms with van der Waals surface area (Å²) in [4.78, 5) is 14.3. The molecule has 1 aliphatic rings. The van der Waals surface area contributed by atoms with Crippen LogP contribution >= 0.6 is 0 Å². The van der Waals surface area contributed by atoms with E-state index in [-0.39, 0.29) is 23.8 Å². The highest BCUT2D eigenvalue weighted by Gasteiger charge is 2.30. The molecule has 0 spiro atoms. The molecular weight excluding hydrogens is 297 g/mol. The van der Waals surface area contributed by atoms with Crippen LogP contribution in [0.5, 0.6) is 0 Å². The average Bonchev–Trinajstić information content (AvgIpc) is 3.16. The standard InChI is InChI=1S/C17H20FN3O2/c1-11(2)15-10-16(20-23-15)19-17(22)21-9-3-4-14(21)12-5-7-13(18)8-6-12/h5-8,10-11,14H,3-4,9H2,1-2H3,(H,19,20,22). The Hall–Kier alpha value is -2.37. The van der Waals surface area contributed by atoms with Crippen LogP contribution in [0.4, 0.5) is 15.0 Å².